The number of fused-ring (bicyclic) bond motifs is 1. The first-order valence-electron chi connectivity index (χ1n) is 7.64. The van der Waals surface area contributed by atoms with Gasteiger partial charge in [0.05, 0.1) is 6.54 Å². The van der Waals surface area contributed by atoms with Crippen LogP contribution in [0.25, 0.3) is 0 Å². The van der Waals surface area contributed by atoms with Crippen LogP contribution >= 0.6 is 12.2 Å². The van der Waals surface area contributed by atoms with Crippen molar-refractivity contribution in [2.24, 2.45) is 0 Å². The van der Waals surface area contributed by atoms with Crippen LogP contribution in [-0.4, -0.2) is 36.3 Å². The lowest BCUT2D eigenvalue weighted by Gasteiger charge is -2.30. The molecule has 5 heteroatoms. The smallest absolute Gasteiger partial charge is 0.169 e. The summed E-state index contributed by atoms with van der Waals surface area (Å²) in [5.41, 5.74) is 1.20. The zero-order valence-electron chi connectivity index (χ0n) is 13.1. The van der Waals surface area contributed by atoms with Crippen molar-refractivity contribution >= 4 is 17.3 Å². The Balaban J connectivity index is 1.49. The minimum absolute atomic E-state index is 0.0358. The summed E-state index contributed by atoms with van der Waals surface area (Å²) in [5.74, 6) is 1.59. The van der Waals surface area contributed by atoms with Gasteiger partial charge in [0, 0.05) is 13.6 Å². The molecule has 0 aliphatic carbocycles. The summed E-state index contributed by atoms with van der Waals surface area (Å²) in [6.45, 7) is 1.92. The summed E-state index contributed by atoms with van der Waals surface area (Å²) in [7, 11) is 1.96. The quantitative estimate of drug-likeness (QED) is 0.873. The van der Waals surface area contributed by atoms with Crippen molar-refractivity contribution in [3.63, 3.8) is 0 Å². The van der Waals surface area contributed by atoms with E-state index in [0.717, 1.165) is 18.0 Å². The molecule has 0 saturated carbocycles. The molecule has 0 saturated heterocycles. The Kier molecular flexibility index (Phi) is 4.98. The first-order chi connectivity index (χ1) is 11.2. The highest BCUT2D eigenvalue weighted by Crippen LogP contribution is 2.30. The van der Waals surface area contributed by atoms with Crippen molar-refractivity contribution in [3.8, 4) is 11.5 Å². The van der Waals surface area contributed by atoms with Crippen LogP contribution in [0, 0.1) is 0 Å². The fourth-order valence-electron chi connectivity index (χ4n) is 2.45. The maximum atomic E-state index is 5.96. The Hall–Kier alpha value is -2.27. The van der Waals surface area contributed by atoms with E-state index in [4.69, 9.17) is 21.7 Å². The first kappa shape index (κ1) is 15.6. The molecule has 0 spiro atoms. The van der Waals surface area contributed by atoms with Crippen molar-refractivity contribution in [1.82, 2.24) is 10.2 Å². The summed E-state index contributed by atoms with van der Waals surface area (Å²) in [4.78, 5) is 1.99. The minimum Gasteiger partial charge on any atom is -0.486 e. The van der Waals surface area contributed by atoms with Gasteiger partial charge in [0.1, 0.15) is 6.61 Å². The van der Waals surface area contributed by atoms with E-state index in [0.29, 0.717) is 18.3 Å². The topological polar surface area (TPSA) is 33.7 Å². The maximum absolute atomic E-state index is 5.96. The molecule has 3 rings (SSSR count). The third-order valence-electron chi connectivity index (χ3n) is 3.68. The lowest BCUT2D eigenvalue weighted by Crippen LogP contribution is -2.45. The number of hydrogen-bond acceptors (Lipinski definition) is 3. The number of likely N-dealkylation sites (N-methyl/N-ethyl adjacent to an activating group) is 1. The molecule has 1 N–H and O–H groups in total. The Morgan fingerprint density at radius 3 is 2.61 bits per heavy atom. The standard InChI is InChI=1S/C18H20N2O2S/c1-20(18(23)19-11-14-7-3-2-4-8-14)12-15-13-21-16-9-5-6-10-17(16)22-15/h2-10,15H,11-13H2,1H3,(H,19,23)/t15-/m0/s1. The van der Waals surface area contributed by atoms with Gasteiger partial charge >= 0.3 is 0 Å². The Bertz CT molecular complexity index is 663. The average molecular weight is 328 g/mol. The molecule has 1 aliphatic heterocycles. The van der Waals surface area contributed by atoms with Gasteiger partial charge in [-0.2, -0.15) is 0 Å². The number of benzene rings is 2. The predicted molar refractivity (Wildman–Crippen MR) is 94.9 cm³/mol. The molecule has 0 aromatic heterocycles. The Morgan fingerprint density at radius 2 is 1.83 bits per heavy atom. The normalized spacial score (nSPS) is 15.8. The highest BCUT2D eigenvalue weighted by molar-refractivity contribution is 7.80. The maximum Gasteiger partial charge on any atom is 0.169 e. The van der Waals surface area contributed by atoms with E-state index in [1.807, 2.05) is 54.4 Å². The van der Waals surface area contributed by atoms with Crippen molar-refractivity contribution in [3.05, 3.63) is 60.2 Å². The van der Waals surface area contributed by atoms with E-state index < -0.39 is 0 Å². The third kappa shape index (κ3) is 4.13. The minimum atomic E-state index is -0.0358. The van der Waals surface area contributed by atoms with Crippen LogP contribution in [0.3, 0.4) is 0 Å². The molecule has 0 unspecified atom stereocenters. The number of hydrogen-bond donors (Lipinski definition) is 1. The summed E-state index contributed by atoms with van der Waals surface area (Å²) in [5, 5.41) is 3.97. The van der Waals surface area contributed by atoms with Gasteiger partial charge in [0.2, 0.25) is 0 Å². The number of nitrogens with zero attached hydrogens (tertiary/aromatic N) is 1. The fraction of sp³-hybridized carbons (Fsp3) is 0.278. The third-order valence-corrected chi connectivity index (χ3v) is 4.13. The molecular formula is C18H20N2O2S. The summed E-state index contributed by atoms with van der Waals surface area (Å²) < 4.78 is 11.7. The van der Waals surface area contributed by atoms with Crippen molar-refractivity contribution in [2.75, 3.05) is 20.2 Å². The number of nitrogens with one attached hydrogen (secondary N) is 1. The molecule has 1 atom stereocenters. The molecular weight excluding hydrogens is 308 g/mol. The zero-order valence-corrected chi connectivity index (χ0v) is 13.9. The van der Waals surface area contributed by atoms with Crippen LogP contribution in [0.1, 0.15) is 5.56 Å². The first-order valence-corrected chi connectivity index (χ1v) is 8.04. The lowest BCUT2D eigenvalue weighted by atomic mass is 10.2. The molecule has 0 fully saturated rings. The molecule has 0 amide bonds. The predicted octanol–water partition coefficient (Wildman–Crippen LogP) is 2.83. The highest BCUT2D eigenvalue weighted by atomic mass is 32.1. The van der Waals surface area contributed by atoms with Crippen LogP contribution in [0.5, 0.6) is 11.5 Å². The van der Waals surface area contributed by atoms with Crippen molar-refractivity contribution in [2.45, 2.75) is 12.6 Å². The van der Waals surface area contributed by atoms with Gasteiger partial charge in [-0.25, -0.2) is 0 Å². The zero-order chi connectivity index (χ0) is 16.1. The Morgan fingerprint density at radius 1 is 1.13 bits per heavy atom. The van der Waals surface area contributed by atoms with Gasteiger partial charge < -0.3 is 19.7 Å². The van der Waals surface area contributed by atoms with Gasteiger partial charge in [0.15, 0.2) is 22.7 Å². The van der Waals surface area contributed by atoms with Crippen molar-refractivity contribution < 1.29 is 9.47 Å². The average Bonchev–Trinajstić information content (AvgIpc) is 2.60. The number of thiocarbonyl (C=S) groups is 1. The van der Waals surface area contributed by atoms with Gasteiger partial charge in [0.25, 0.3) is 0 Å². The molecule has 1 heterocycles. The second kappa shape index (κ2) is 7.33. The number of para-hydroxylation sites is 2. The van der Waals surface area contributed by atoms with Crippen LogP contribution in [-0.2, 0) is 6.54 Å². The molecule has 0 bridgehead atoms. The highest BCUT2D eigenvalue weighted by Gasteiger charge is 2.22. The molecule has 2 aromatic rings. The molecule has 0 radical (unpaired) electrons. The van der Waals surface area contributed by atoms with Crippen LogP contribution in [0.15, 0.2) is 54.6 Å². The van der Waals surface area contributed by atoms with Crippen LogP contribution in [0.2, 0.25) is 0 Å². The summed E-state index contributed by atoms with van der Waals surface area (Å²) in [6, 6.07) is 17.9. The van der Waals surface area contributed by atoms with Gasteiger partial charge in [-0.1, -0.05) is 42.5 Å². The van der Waals surface area contributed by atoms with E-state index in [-0.39, 0.29) is 6.10 Å². The number of ether oxygens (including phenoxy) is 2. The monoisotopic (exact) mass is 328 g/mol. The SMILES string of the molecule is CN(C[C@H]1COc2ccccc2O1)C(=S)NCc1ccccc1. The lowest BCUT2D eigenvalue weighted by molar-refractivity contribution is 0.0779. The van der Waals surface area contributed by atoms with Gasteiger partial charge in [-0.15, -0.1) is 0 Å². The largest absolute Gasteiger partial charge is 0.486 e. The van der Waals surface area contributed by atoms with Crippen LogP contribution < -0.4 is 14.8 Å². The second-order valence-electron chi connectivity index (χ2n) is 5.52. The van der Waals surface area contributed by atoms with Crippen LogP contribution in [0.4, 0.5) is 0 Å². The van der Waals surface area contributed by atoms with E-state index in [9.17, 15) is 0 Å². The molecule has 1 aliphatic rings. The summed E-state index contributed by atoms with van der Waals surface area (Å²) >= 11 is 5.44. The van der Waals surface area contributed by atoms with E-state index in [2.05, 4.69) is 17.4 Å². The Labute approximate surface area is 142 Å². The molecule has 23 heavy (non-hydrogen) atoms. The van der Waals surface area contributed by atoms with Gasteiger partial charge in [-0.05, 0) is 29.9 Å². The van der Waals surface area contributed by atoms with E-state index in [1.54, 1.807) is 0 Å². The molecule has 4 nitrogen and oxygen atoms in total. The number of rotatable bonds is 4. The summed E-state index contributed by atoms with van der Waals surface area (Å²) in [6.07, 6.45) is -0.0358. The molecule has 2 aromatic carbocycles. The van der Waals surface area contributed by atoms with E-state index >= 15 is 0 Å². The van der Waals surface area contributed by atoms with Gasteiger partial charge in [-0.3, -0.25) is 0 Å². The van der Waals surface area contributed by atoms with Crippen molar-refractivity contribution in [1.29, 1.82) is 0 Å². The second-order valence-corrected chi connectivity index (χ2v) is 5.91. The van der Waals surface area contributed by atoms with E-state index in [1.165, 1.54) is 5.56 Å². The fourth-order valence-corrected chi connectivity index (χ4v) is 2.60. The molecule has 120 valence electrons.